The monoisotopic (exact) mass is 318 g/mol. The Morgan fingerprint density at radius 1 is 1.11 bits per heavy atom. The summed E-state index contributed by atoms with van der Waals surface area (Å²) in [5.74, 6) is 1.71. The number of nitrogen functional groups attached to an aromatic ring is 1. The number of benzene rings is 2. The van der Waals surface area contributed by atoms with Gasteiger partial charge in [-0.05, 0) is 46.3 Å². The van der Waals surface area contributed by atoms with Gasteiger partial charge in [0.2, 0.25) is 0 Å². The fourth-order valence-electron chi connectivity index (χ4n) is 1.54. The molecule has 2 rings (SSSR count). The molecule has 19 heavy (non-hydrogen) atoms. The zero-order valence-electron chi connectivity index (χ0n) is 10.2. The molecule has 4 nitrogen and oxygen atoms in total. The summed E-state index contributed by atoms with van der Waals surface area (Å²) in [5, 5.41) is 8.81. The lowest BCUT2D eigenvalue weighted by atomic mass is 10.2. The molecular formula is C14H11BrN2O2. The standard InChI is InChI=1S/C14H11BrN2O2/c1-18-14-7-10(17)3-5-13(14)19-12-4-2-9(8-16)6-11(12)15/h2-7H,17H2,1H3. The fraction of sp³-hybridized carbons (Fsp3) is 0.0714. The highest BCUT2D eigenvalue weighted by Gasteiger charge is 2.09. The molecule has 0 aliphatic rings. The smallest absolute Gasteiger partial charge is 0.169 e. The van der Waals surface area contributed by atoms with Gasteiger partial charge in [0.15, 0.2) is 11.5 Å². The van der Waals surface area contributed by atoms with Crippen molar-refractivity contribution in [1.29, 1.82) is 5.26 Å². The van der Waals surface area contributed by atoms with Gasteiger partial charge in [-0.1, -0.05) is 0 Å². The van der Waals surface area contributed by atoms with Crippen LogP contribution in [0.1, 0.15) is 5.56 Å². The zero-order valence-corrected chi connectivity index (χ0v) is 11.8. The van der Waals surface area contributed by atoms with Crippen LogP contribution >= 0.6 is 15.9 Å². The molecule has 0 saturated heterocycles. The van der Waals surface area contributed by atoms with E-state index in [2.05, 4.69) is 22.0 Å². The minimum atomic E-state index is 0.552. The van der Waals surface area contributed by atoms with Crippen LogP contribution in [-0.4, -0.2) is 7.11 Å². The Morgan fingerprint density at radius 3 is 2.47 bits per heavy atom. The number of rotatable bonds is 3. The van der Waals surface area contributed by atoms with E-state index in [0.717, 1.165) is 0 Å². The summed E-state index contributed by atoms with van der Waals surface area (Å²) in [6.07, 6.45) is 0. The Morgan fingerprint density at radius 2 is 1.84 bits per heavy atom. The van der Waals surface area contributed by atoms with Gasteiger partial charge in [0.05, 0.1) is 23.2 Å². The van der Waals surface area contributed by atoms with Crippen LogP contribution in [0.25, 0.3) is 0 Å². The topological polar surface area (TPSA) is 68.3 Å². The summed E-state index contributed by atoms with van der Waals surface area (Å²) >= 11 is 3.36. The van der Waals surface area contributed by atoms with E-state index in [9.17, 15) is 0 Å². The second kappa shape index (κ2) is 5.63. The van der Waals surface area contributed by atoms with Crippen LogP contribution < -0.4 is 15.2 Å². The second-order valence-electron chi connectivity index (χ2n) is 3.77. The lowest BCUT2D eigenvalue weighted by Gasteiger charge is -2.12. The van der Waals surface area contributed by atoms with Crippen molar-refractivity contribution in [3.63, 3.8) is 0 Å². The van der Waals surface area contributed by atoms with Gasteiger partial charge in [0, 0.05) is 11.8 Å². The highest BCUT2D eigenvalue weighted by Crippen LogP contribution is 2.36. The van der Waals surface area contributed by atoms with Gasteiger partial charge in [-0.3, -0.25) is 0 Å². The van der Waals surface area contributed by atoms with Crippen molar-refractivity contribution in [3.8, 4) is 23.3 Å². The predicted octanol–water partition coefficient (Wildman–Crippen LogP) is 3.70. The molecule has 0 amide bonds. The van der Waals surface area contributed by atoms with Crippen molar-refractivity contribution in [2.75, 3.05) is 12.8 Å². The van der Waals surface area contributed by atoms with E-state index in [1.165, 1.54) is 0 Å². The van der Waals surface area contributed by atoms with E-state index < -0.39 is 0 Å². The fourth-order valence-corrected chi connectivity index (χ4v) is 2.00. The third-order valence-corrected chi connectivity index (χ3v) is 3.09. The quantitative estimate of drug-likeness (QED) is 0.876. The summed E-state index contributed by atoms with van der Waals surface area (Å²) in [5.41, 5.74) is 6.84. The summed E-state index contributed by atoms with van der Waals surface area (Å²) in [6, 6.07) is 12.3. The predicted molar refractivity (Wildman–Crippen MR) is 76.3 cm³/mol. The maximum Gasteiger partial charge on any atom is 0.169 e. The molecule has 0 heterocycles. The third-order valence-electron chi connectivity index (χ3n) is 2.47. The first-order valence-electron chi connectivity index (χ1n) is 5.45. The SMILES string of the molecule is COc1cc(N)ccc1Oc1ccc(C#N)cc1Br. The average Bonchev–Trinajstić information content (AvgIpc) is 2.42. The van der Waals surface area contributed by atoms with Crippen LogP contribution in [-0.2, 0) is 0 Å². The highest BCUT2D eigenvalue weighted by molar-refractivity contribution is 9.10. The molecule has 2 N–H and O–H groups in total. The Kier molecular flexibility index (Phi) is 3.93. The third kappa shape index (κ3) is 2.98. The minimum Gasteiger partial charge on any atom is -0.493 e. The molecular weight excluding hydrogens is 308 g/mol. The van der Waals surface area contributed by atoms with E-state index in [4.69, 9.17) is 20.5 Å². The Labute approximate surface area is 119 Å². The van der Waals surface area contributed by atoms with Crippen molar-refractivity contribution in [1.82, 2.24) is 0 Å². The lowest BCUT2D eigenvalue weighted by Crippen LogP contribution is -1.93. The van der Waals surface area contributed by atoms with Gasteiger partial charge >= 0.3 is 0 Å². The summed E-state index contributed by atoms with van der Waals surface area (Å²) in [4.78, 5) is 0. The largest absolute Gasteiger partial charge is 0.493 e. The van der Waals surface area contributed by atoms with Crippen LogP contribution in [0.2, 0.25) is 0 Å². The van der Waals surface area contributed by atoms with Gasteiger partial charge in [-0.25, -0.2) is 0 Å². The van der Waals surface area contributed by atoms with Crippen LogP contribution in [0.3, 0.4) is 0 Å². The molecule has 0 unspecified atom stereocenters. The number of anilines is 1. The number of nitrogens with two attached hydrogens (primary N) is 1. The summed E-state index contributed by atoms with van der Waals surface area (Å²) in [6.45, 7) is 0. The number of methoxy groups -OCH3 is 1. The number of hydrogen-bond donors (Lipinski definition) is 1. The normalized spacial score (nSPS) is 9.74. The number of nitrogens with zero attached hydrogens (tertiary/aromatic N) is 1. The molecule has 0 fully saturated rings. The average molecular weight is 319 g/mol. The van der Waals surface area contributed by atoms with Gasteiger partial charge in [0.1, 0.15) is 5.75 Å². The molecule has 5 heteroatoms. The zero-order chi connectivity index (χ0) is 13.8. The number of nitriles is 1. The lowest BCUT2D eigenvalue weighted by molar-refractivity contribution is 0.378. The second-order valence-corrected chi connectivity index (χ2v) is 4.62. The minimum absolute atomic E-state index is 0.552. The molecule has 0 spiro atoms. The first kappa shape index (κ1) is 13.2. The Hall–Kier alpha value is -2.19. The van der Waals surface area contributed by atoms with Gasteiger partial charge in [0.25, 0.3) is 0 Å². The van der Waals surface area contributed by atoms with Crippen LogP contribution in [0.5, 0.6) is 17.2 Å². The Balaban J connectivity index is 2.34. The molecule has 0 aliphatic heterocycles. The maximum absolute atomic E-state index is 8.81. The first-order valence-corrected chi connectivity index (χ1v) is 6.24. The summed E-state index contributed by atoms with van der Waals surface area (Å²) in [7, 11) is 1.55. The van der Waals surface area contributed by atoms with Crippen molar-refractivity contribution in [2.45, 2.75) is 0 Å². The van der Waals surface area contributed by atoms with Gasteiger partial charge < -0.3 is 15.2 Å². The van der Waals surface area contributed by atoms with Crippen LogP contribution in [0.15, 0.2) is 40.9 Å². The van der Waals surface area contributed by atoms with E-state index >= 15 is 0 Å². The molecule has 96 valence electrons. The number of hydrogen-bond acceptors (Lipinski definition) is 4. The Bertz CT molecular complexity index is 650. The molecule has 0 atom stereocenters. The first-order chi connectivity index (χ1) is 9.13. The van der Waals surface area contributed by atoms with Crippen molar-refractivity contribution in [2.24, 2.45) is 0 Å². The molecule has 0 bridgehead atoms. The summed E-state index contributed by atoms with van der Waals surface area (Å²) < 4.78 is 11.7. The van der Waals surface area contributed by atoms with E-state index in [-0.39, 0.29) is 0 Å². The van der Waals surface area contributed by atoms with E-state index in [1.807, 2.05) is 0 Å². The van der Waals surface area contributed by atoms with Crippen molar-refractivity contribution in [3.05, 3.63) is 46.4 Å². The maximum atomic E-state index is 8.81. The number of halogens is 1. The molecule has 0 saturated carbocycles. The van der Waals surface area contributed by atoms with E-state index in [0.29, 0.717) is 33.0 Å². The van der Waals surface area contributed by atoms with Gasteiger partial charge in [-0.15, -0.1) is 0 Å². The highest BCUT2D eigenvalue weighted by atomic mass is 79.9. The van der Waals surface area contributed by atoms with Crippen molar-refractivity contribution >= 4 is 21.6 Å². The molecule has 0 aromatic heterocycles. The van der Waals surface area contributed by atoms with Gasteiger partial charge in [-0.2, -0.15) is 5.26 Å². The molecule has 2 aromatic rings. The van der Waals surface area contributed by atoms with Crippen LogP contribution in [0, 0.1) is 11.3 Å². The molecule has 0 aliphatic carbocycles. The number of ether oxygens (including phenoxy) is 2. The van der Waals surface area contributed by atoms with Crippen molar-refractivity contribution < 1.29 is 9.47 Å². The molecule has 2 aromatic carbocycles. The van der Waals surface area contributed by atoms with E-state index in [1.54, 1.807) is 43.5 Å². The van der Waals surface area contributed by atoms with Crippen LogP contribution in [0.4, 0.5) is 5.69 Å². The molecule has 0 radical (unpaired) electrons.